The molecule has 6 N–H and O–H groups in total. The maximum atomic E-state index is 8.30. The molecule has 150 valence electrons. The predicted molar refractivity (Wildman–Crippen MR) is 121 cm³/mol. The second kappa shape index (κ2) is 8.22. The number of hydrogen-bond acceptors (Lipinski definition) is 7. The Morgan fingerprint density at radius 1 is 1.38 bits per heavy atom. The van der Waals surface area contributed by atoms with Crippen molar-refractivity contribution >= 4 is 38.7 Å². The lowest BCUT2D eigenvalue weighted by molar-refractivity contribution is 0.503. The van der Waals surface area contributed by atoms with Gasteiger partial charge in [0, 0.05) is 60.6 Å². The fourth-order valence-electron chi connectivity index (χ4n) is 3.53. The molecule has 9 heteroatoms. The van der Waals surface area contributed by atoms with E-state index in [0.29, 0.717) is 16.0 Å². The maximum absolute atomic E-state index is 8.30. The maximum Gasteiger partial charge on any atom is 0.163 e. The number of hydrogen-bond donors (Lipinski definition) is 4. The topological polar surface area (TPSA) is 133 Å². The summed E-state index contributed by atoms with van der Waals surface area (Å²) < 4.78 is 0. The summed E-state index contributed by atoms with van der Waals surface area (Å²) in [5.41, 5.74) is 14.5. The van der Waals surface area contributed by atoms with Gasteiger partial charge in [0.05, 0.1) is 0 Å². The number of amidine groups is 1. The number of aromatic amines is 1. The summed E-state index contributed by atoms with van der Waals surface area (Å²) in [6.07, 6.45) is 5.82. The van der Waals surface area contributed by atoms with Crippen molar-refractivity contribution in [3.8, 4) is 11.4 Å². The summed E-state index contributed by atoms with van der Waals surface area (Å²) in [5.74, 6) is 1.55. The molecule has 1 atom stereocenters. The van der Waals surface area contributed by atoms with Crippen LogP contribution in [0.5, 0.6) is 0 Å². The summed E-state index contributed by atoms with van der Waals surface area (Å²) in [7, 11) is 1.61. The van der Waals surface area contributed by atoms with E-state index in [4.69, 9.17) is 21.9 Å². The molecule has 1 aliphatic rings. The van der Waals surface area contributed by atoms with E-state index in [1.807, 2.05) is 30.5 Å². The zero-order chi connectivity index (χ0) is 20.4. The third kappa shape index (κ3) is 4.10. The van der Waals surface area contributed by atoms with E-state index in [2.05, 4.69) is 19.9 Å². The van der Waals surface area contributed by atoms with Gasteiger partial charge in [-0.2, -0.15) is 0 Å². The first-order valence-electron chi connectivity index (χ1n) is 9.49. The molecule has 1 aromatic carbocycles. The number of H-pyrrole nitrogens is 1. The molecule has 1 aliphatic heterocycles. The van der Waals surface area contributed by atoms with Crippen LogP contribution in [-0.4, -0.2) is 51.3 Å². The number of thioether (sulfide) groups is 1. The molecule has 1 unspecified atom stereocenters. The van der Waals surface area contributed by atoms with Gasteiger partial charge in [0.2, 0.25) is 0 Å². The molecule has 0 aliphatic carbocycles. The number of piperidine rings is 1. The van der Waals surface area contributed by atoms with E-state index in [0.717, 1.165) is 65.5 Å². The first-order chi connectivity index (χ1) is 14.0. The van der Waals surface area contributed by atoms with Crippen LogP contribution in [0.15, 0.2) is 41.7 Å². The molecule has 2 aromatic heterocycles. The Morgan fingerprint density at radius 3 is 3.03 bits per heavy atom. The van der Waals surface area contributed by atoms with Crippen molar-refractivity contribution in [2.75, 3.05) is 25.0 Å². The van der Waals surface area contributed by atoms with Crippen LogP contribution < -0.4 is 16.4 Å². The molecule has 0 spiro atoms. The fourth-order valence-corrected chi connectivity index (χ4v) is 4.07. The minimum atomic E-state index is 0.181. The van der Waals surface area contributed by atoms with Crippen LogP contribution in [-0.2, 0) is 0 Å². The van der Waals surface area contributed by atoms with Gasteiger partial charge < -0.3 is 21.4 Å². The Balaban J connectivity index is 1.68. The quantitative estimate of drug-likeness (QED) is 0.389. The number of rotatable bonds is 3. The number of fused-ring (bicyclic) bond motifs is 1. The zero-order valence-corrected chi connectivity index (χ0v) is 17.0. The highest BCUT2D eigenvalue weighted by molar-refractivity contribution is 8.26. The molecule has 0 saturated carbocycles. The highest BCUT2D eigenvalue weighted by Gasteiger charge is 2.19. The molecule has 3 heterocycles. The Hall–Kier alpha value is -2.91. The number of nitrogens with two attached hydrogens (primary N) is 2. The fraction of sp³-hybridized carbons (Fsp3) is 0.300. The van der Waals surface area contributed by atoms with Gasteiger partial charge in [-0.25, -0.2) is 9.97 Å². The van der Waals surface area contributed by atoms with Crippen LogP contribution in [0.2, 0.25) is 0 Å². The molecular weight excluding hydrogens is 384 g/mol. The lowest BCUT2D eigenvalue weighted by Gasteiger charge is -2.31. The normalized spacial score (nSPS) is 17.7. The van der Waals surface area contributed by atoms with Gasteiger partial charge in [-0.3, -0.25) is 10.4 Å². The van der Waals surface area contributed by atoms with Crippen molar-refractivity contribution in [2.45, 2.75) is 18.9 Å². The molecule has 8 nitrogen and oxygen atoms in total. The summed E-state index contributed by atoms with van der Waals surface area (Å²) in [6, 6.07) is 7.93. The Bertz CT molecular complexity index is 1070. The summed E-state index contributed by atoms with van der Waals surface area (Å²) in [6.45, 7) is 1.76. The zero-order valence-electron chi connectivity index (χ0n) is 16.2. The van der Waals surface area contributed by atoms with Crippen LogP contribution in [0.1, 0.15) is 18.4 Å². The van der Waals surface area contributed by atoms with Crippen molar-refractivity contribution < 1.29 is 0 Å². The lowest BCUT2D eigenvalue weighted by Crippen LogP contribution is -2.43. The Labute approximate surface area is 173 Å². The predicted octanol–water partition coefficient (Wildman–Crippen LogP) is 2.56. The minimum Gasteiger partial charge on any atom is -0.378 e. The summed E-state index contributed by atoms with van der Waals surface area (Å²) in [4.78, 5) is 18.7. The van der Waals surface area contributed by atoms with E-state index in [-0.39, 0.29) is 6.04 Å². The monoisotopic (exact) mass is 408 g/mol. The number of benzene rings is 1. The average molecular weight is 409 g/mol. The SMILES string of the molecule is CN=C(N)SC(=N)c1ccc2[nH]cc(-c3nccc(N4CCCC(N)C4)n3)c2c1. The van der Waals surface area contributed by atoms with Crippen LogP contribution in [0, 0.1) is 5.41 Å². The molecule has 29 heavy (non-hydrogen) atoms. The first kappa shape index (κ1) is 19.4. The van der Waals surface area contributed by atoms with Crippen LogP contribution in [0.3, 0.4) is 0 Å². The van der Waals surface area contributed by atoms with E-state index in [1.54, 1.807) is 13.2 Å². The average Bonchev–Trinajstić information content (AvgIpc) is 3.17. The number of nitrogens with one attached hydrogen (secondary N) is 2. The standard InChI is InChI=1S/C20H24N8S/c1-24-20(23)29-18(22)12-4-5-16-14(9-12)15(10-26-16)19-25-7-6-17(27-19)28-8-2-3-13(21)11-28/h4-7,9-10,13,22,26H,2-3,8,11,21H2,1H3,(H2,23,24). The van der Waals surface area contributed by atoms with Gasteiger partial charge in [-0.15, -0.1) is 0 Å². The van der Waals surface area contributed by atoms with Gasteiger partial charge >= 0.3 is 0 Å². The third-order valence-electron chi connectivity index (χ3n) is 5.03. The Kier molecular flexibility index (Phi) is 5.50. The number of aromatic nitrogens is 3. The van der Waals surface area contributed by atoms with E-state index < -0.39 is 0 Å². The number of nitrogens with zero attached hydrogens (tertiary/aromatic N) is 4. The second-order valence-electron chi connectivity index (χ2n) is 7.04. The van der Waals surface area contributed by atoms with Crippen molar-refractivity contribution in [1.82, 2.24) is 15.0 Å². The van der Waals surface area contributed by atoms with Crippen molar-refractivity contribution in [2.24, 2.45) is 16.5 Å². The molecule has 3 aromatic rings. The van der Waals surface area contributed by atoms with Crippen LogP contribution >= 0.6 is 11.8 Å². The molecule has 0 amide bonds. The number of aliphatic imine (C=N–C) groups is 1. The van der Waals surface area contributed by atoms with Crippen molar-refractivity contribution in [3.63, 3.8) is 0 Å². The first-order valence-corrected chi connectivity index (χ1v) is 10.3. The van der Waals surface area contributed by atoms with E-state index in [1.165, 1.54) is 0 Å². The number of anilines is 1. The molecule has 0 radical (unpaired) electrons. The van der Waals surface area contributed by atoms with Gasteiger partial charge in [-0.05, 0) is 42.8 Å². The highest BCUT2D eigenvalue weighted by atomic mass is 32.2. The molecule has 4 rings (SSSR count). The second-order valence-corrected chi connectivity index (χ2v) is 8.07. The summed E-state index contributed by atoms with van der Waals surface area (Å²) in [5, 5.41) is 9.97. The highest BCUT2D eigenvalue weighted by Crippen LogP contribution is 2.29. The van der Waals surface area contributed by atoms with Gasteiger partial charge in [-0.1, -0.05) is 6.07 Å². The van der Waals surface area contributed by atoms with Crippen LogP contribution in [0.4, 0.5) is 5.82 Å². The molecule has 1 fully saturated rings. The molecular formula is C20H24N8S. The smallest absolute Gasteiger partial charge is 0.163 e. The van der Waals surface area contributed by atoms with Crippen LogP contribution in [0.25, 0.3) is 22.3 Å². The largest absolute Gasteiger partial charge is 0.378 e. The minimum absolute atomic E-state index is 0.181. The van der Waals surface area contributed by atoms with E-state index >= 15 is 0 Å². The van der Waals surface area contributed by atoms with Gasteiger partial charge in [0.25, 0.3) is 0 Å². The lowest BCUT2D eigenvalue weighted by atomic mass is 10.1. The van der Waals surface area contributed by atoms with E-state index in [9.17, 15) is 0 Å². The van der Waals surface area contributed by atoms with Gasteiger partial charge in [0.1, 0.15) is 10.9 Å². The molecule has 0 bridgehead atoms. The Morgan fingerprint density at radius 2 is 2.24 bits per heavy atom. The van der Waals surface area contributed by atoms with Gasteiger partial charge in [0.15, 0.2) is 11.0 Å². The summed E-state index contributed by atoms with van der Waals surface area (Å²) >= 11 is 1.14. The van der Waals surface area contributed by atoms with Crippen molar-refractivity contribution in [1.29, 1.82) is 5.41 Å². The molecule has 1 saturated heterocycles. The van der Waals surface area contributed by atoms with Crippen molar-refractivity contribution in [3.05, 3.63) is 42.2 Å². The third-order valence-corrected chi connectivity index (χ3v) is 5.87.